The van der Waals surface area contributed by atoms with Crippen LogP contribution in [0.1, 0.15) is 0 Å². The molecule has 0 saturated carbocycles. The van der Waals surface area contributed by atoms with Gasteiger partial charge in [0.15, 0.2) is 0 Å². The Morgan fingerprint density at radius 1 is 0.344 bits per heavy atom. The fourth-order valence-electron chi connectivity index (χ4n) is 2.94. The van der Waals surface area contributed by atoms with Crippen molar-refractivity contribution in [2.75, 3.05) is 22.9 Å². The Morgan fingerprint density at radius 3 is 0.688 bits per heavy atom. The molecule has 0 spiro atoms. The topological polar surface area (TPSA) is 185 Å². The lowest BCUT2D eigenvalue weighted by Gasteiger charge is -2.06. The van der Waals surface area contributed by atoms with Crippen LogP contribution in [0.4, 0.5) is 22.7 Å². The van der Waals surface area contributed by atoms with Crippen molar-refractivity contribution in [1.29, 1.82) is 0 Å². The minimum Gasteiger partial charge on any atom is -0.506 e. The Bertz CT molecular complexity index is 1080. The van der Waals surface area contributed by atoms with E-state index in [4.69, 9.17) is 22.9 Å². The number of benzene rings is 4. The third-order valence-corrected chi connectivity index (χ3v) is 4.78. The van der Waals surface area contributed by atoms with Crippen LogP contribution in [0.15, 0.2) is 72.8 Å². The van der Waals surface area contributed by atoms with Gasteiger partial charge in [-0.1, -0.05) is 24.3 Å². The fraction of sp³-hybridized carbons (Fsp3) is 0. The summed E-state index contributed by atoms with van der Waals surface area (Å²) in [6, 6.07) is 19.6. The van der Waals surface area contributed by atoms with E-state index < -0.39 is 0 Å². The zero-order chi connectivity index (χ0) is 23.4. The third-order valence-electron chi connectivity index (χ3n) is 4.78. The van der Waals surface area contributed by atoms with Crippen LogP contribution < -0.4 is 22.9 Å². The standard InChI is InChI=1S/2C12H12N2O2/c2*13-9-5-7(1-3-11(9)15)8-2-4-12(16)10(14)6-8/h2*1-6,15-16H,13-14H2. The predicted octanol–water partition coefficient (Wildman–Crippen LogP) is 3.86. The first-order chi connectivity index (χ1) is 15.2. The van der Waals surface area contributed by atoms with E-state index in [1.807, 2.05) is 0 Å². The van der Waals surface area contributed by atoms with E-state index in [0.29, 0.717) is 22.7 Å². The van der Waals surface area contributed by atoms with E-state index in [-0.39, 0.29) is 23.0 Å². The number of rotatable bonds is 2. The molecule has 32 heavy (non-hydrogen) atoms. The second-order valence-electron chi connectivity index (χ2n) is 7.09. The van der Waals surface area contributed by atoms with Crippen LogP contribution in [0.3, 0.4) is 0 Å². The molecule has 0 saturated heterocycles. The zero-order valence-corrected chi connectivity index (χ0v) is 17.0. The van der Waals surface area contributed by atoms with Gasteiger partial charge in [-0.15, -0.1) is 0 Å². The Labute approximate surface area is 184 Å². The number of hydrogen-bond donors (Lipinski definition) is 8. The lowest BCUT2D eigenvalue weighted by Crippen LogP contribution is -1.89. The van der Waals surface area contributed by atoms with Crippen molar-refractivity contribution in [3.05, 3.63) is 72.8 Å². The number of phenols is 4. The van der Waals surface area contributed by atoms with Gasteiger partial charge in [-0.3, -0.25) is 0 Å². The lowest BCUT2D eigenvalue weighted by atomic mass is 10.0. The van der Waals surface area contributed by atoms with Crippen molar-refractivity contribution in [2.24, 2.45) is 0 Å². The van der Waals surface area contributed by atoms with E-state index in [0.717, 1.165) is 22.3 Å². The molecular formula is C24H24N4O4. The molecule has 8 heteroatoms. The van der Waals surface area contributed by atoms with E-state index in [1.54, 1.807) is 48.5 Å². The highest BCUT2D eigenvalue weighted by molar-refractivity contribution is 5.75. The Hall–Kier alpha value is -4.72. The molecule has 4 rings (SSSR count). The van der Waals surface area contributed by atoms with Gasteiger partial charge in [-0.25, -0.2) is 0 Å². The highest BCUT2D eigenvalue weighted by Crippen LogP contribution is 2.32. The van der Waals surface area contributed by atoms with Gasteiger partial charge in [0.2, 0.25) is 0 Å². The van der Waals surface area contributed by atoms with Crippen LogP contribution in [0.5, 0.6) is 23.0 Å². The molecule has 0 aromatic heterocycles. The molecule has 4 aromatic carbocycles. The smallest absolute Gasteiger partial charge is 0.138 e. The molecule has 8 nitrogen and oxygen atoms in total. The van der Waals surface area contributed by atoms with E-state index in [2.05, 4.69) is 0 Å². The quantitative estimate of drug-likeness (QED) is 0.173. The third kappa shape index (κ3) is 4.88. The summed E-state index contributed by atoms with van der Waals surface area (Å²) in [5.41, 5.74) is 27.0. The minimum absolute atomic E-state index is 0.0514. The van der Waals surface area contributed by atoms with Crippen LogP contribution in [-0.4, -0.2) is 20.4 Å². The SMILES string of the molecule is Nc1cc(-c2ccc(O)c(N)c2)ccc1O.Nc1cc(-c2ccc(O)c(N)c2)ccc1O. The van der Waals surface area contributed by atoms with Gasteiger partial charge in [0.25, 0.3) is 0 Å². The van der Waals surface area contributed by atoms with Crippen LogP contribution in [0.2, 0.25) is 0 Å². The second kappa shape index (κ2) is 8.97. The maximum atomic E-state index is 9.30. The molecule has 0 aliphatic rings. The Balaban J connectivity index is 0.000000181. The Kier molecular flexibility index (Phi) is 6.16. The summed E-state index contributed by atoms with van der Waals surface area (Å²) in [5.74, 6) is 0.206. The van der Waals surface area contributed by atoms with Crippen molar-refractivity contribution in [1.82, 2.24) is 0 Å². The van der Waals surface area contributed by atoms with Crippen LogP contribution in [0.25, 0.3) is 22.3 Å². The number of anilines is 4. The number of hydrogen-bond acceptors (Lipinski definition) is 8. The number of nitrogen functional groups attached to an aromatic ring is 4. The van der Waals surface area contributed by atoms with Crippen LogP contribution in [-0.2, 0) is 0 Å². The van der Waals surface area contributed by atoms with Gasteiger partial charge in [0.05, 0.1) is 22.7 Å². The van der Waals surface area contributed by atoms with Crippen molar-refractivity contribution in [2.45, 2.75) is 0 Å². The van der Waals surface area contributed by atoms with Crippen LogP contribution in [0, 0.1) is 0 Å². The lowest BCUT2D eigenvalue weighted by molar-refractivity contribution is 0.477. The van der Waals surface area contributed by atoms with Gasteiger partial charge < -0.3 is 43.4 Å². The van der Waals surface area contributed by atoms with Gasteiger partial charge in [0.1, 0.15) is 23.0 Å². The molecule has 0 aliphatic heterocycles. The number of nitrogens with two attached hydrogens (primary N) is 4. The molecule has 0 radical (unpaired) electrons. The molecule has 0 aliphatic carbocycles. The molecule has 12 N–H and O–H groups in total. The molecule has 0 unspecified atom stereocenters. The Morgan fingerprint density at radius 2 is 0.531 bits per heavy atom. The maximum absolute atomic E-state index is 9.30. The van der Waals surface area contributed by atoms with Crippen LogP contribution >= 0.6 is 0 Å². The molecule has 4 aromatic rings. The predicted molar refractivity (Wildman–Crippen MR) is 128 cm³/mol. The van der Waals surface area contributed by atoms with Gasteiger partial charge in [-0.2, -0.15) is 0 Å². The average Bonchev–Trinajstić information content (AvgIpc) is 2.76. The summed E-state index contributed by atoms with van der Waals surface area (Å²) >= 11 is 0. The summed E-state index contributed by atoms with van der Waals surface area (Å²) in [6.07, 6.45) is 0. The summed E-state index contributed by atoms with van der Waals surface area (Å²) in [7, 11) is 0. The molecular weight excluding hydrogens is 408 g/mol. The summed E-state index contributed by atoms with van der Waals surface area (Å²) in [5, 5.41) is 37.2. The number of phenolic OH excluding ortho intramolecular Hbond substituents is 4. The second-order valence-corrected chi connectivity index (χ2v) is 7.09. The van der Waals surface area contributed by atoms with E-state index in [9.17, 15) is 20.4 Å². The van der Waals surface area contributed by atoms with Gasteiger partial charge in [0, 0.05) is 0 Å². The molecule has 0 amide bonds. The first kappa shape index (κ1) is 22.0. The summed E-state index contributed by atoms with van der Waals surface area (Å²) in [4.78, 5) is 0. The van der Waals surface area contributed by atoms with Gasteiger partial charge >= 0.3 is 0 Å². The maximum Gasteiger partial charge on any atom is 0.138 e. The van der Waals surface area contributed by atoms with Crippen molar-refractivity contribution in [3.8, 4) is 45.3 Å². The number of aromatic hydroxyl groups is 4. The van der Waals surface area contributed by atoms with E-state index in [1.165, 1.54) is 24.3 Å². The average molecular weight is 432 g/mol. The highest BCUT2D eigenvalue weighted by Gasteiger charge is 2.05. The minimum atomic E-state index is 0.0514. The molecule has 0 heterocycles. The highest BCUT2D eigenvalue weighted by atomic mass is 16.3. The normalized spacial score (nSPS) is 10.2. The van der Waals surface area contributed by atoms with Crippen molar-refractivity contribution >= 4 is 22.7 Å². The first-order valence-electron chi connectivity index (χ1n) is 9.50. The van der Waals surface area contributed by atoms with Crippen molar-refractivity contribution < 1.29 is 20.4 Å². The molecule has 0 fully saturated rings. The zero-order valence-electron chi connectivity index (χ0n) is 17.0. The molecule has 0 atom stereocenters. The summed E-state index contributed by atoms with van der Waals surface area (Å²) < 4.78 is 0. The summed E-state index contributed by atoms with van der Waals surface area (Å²) in [6.45, 7) is 0. The fourth-order valence-corrected chi connectivity index (χ4v) is 2.94. The van der Waals surface area contributed by atoms with Gasteiger partial charge in [-0.05, 0) is 70.8 Å². The largest absolute Gasteiger partial charge is 0.506 e. The van der Waals surface area contributed by atoms with Crippen molar-refractivity contribution in [3.63, 3.8) is 0 Å². The molecule has 0 bridgehead atoms. The molecule has 164 valence electrons. The monoisotopic (exact) mass is 432 g/mol. The van der Waals surface area contributed by atoms with E-state index >= 15 is 0 Å². The first-order valence-corrected chi connectivity index (χ1v) is 9.50.